The highest BCUT2D eigenvalue weighted by Gasteiger charge is 2.15. The molecule has 1 aromatic rings. The zero-order chi connectivity index (χ0) is 9.26. The molecule has 0 unspecified atom stereocenters. The lowest BCUT2D eigenvalue weighted by molar-refractivity contribution is 0.767. The molecular weight excluding hydrogens is 234 g/mol. The van der Waals surface area contributed by atoms with Crippen LogP contribution in [-0.2, 0) is 0 Å². The van der Waals surface area contributed by atoms with Gasteiger partial charge in [0.2, 0.25) is 6.17 Å². The zero-order valence-electron chi connectivity index (χ0n) is 6.55. The van der Waals surface area contributed by atoms with Crippen molar-refractivity contribution in [3.63, 3.8) is 0 Å². The van der Waals surface area contributed by atoms with Crippen LogP contribution >= 0.6 is 15.9 Å². The van der Waals surface area contributed by atoms with Crippen molar-refractivity contribution in [2.45, 2.75) is 6.17 Å². The zero-order valence-corrected chi connectivity index (χ0v) is 8.14. The third-order valence-electron chi connectivity index (χ3n) is 1.69. The average Bonchev–Trinajstić information content (AvgIpc) is 2.61. The van der Waals surface area contributed by atoms with Gasteiger partial charge in [-0.25, -0.2) is 0 Å². The standard InChI is InChI=1S/C7H6BrN5/c8-4-1-2-6(9)5(3-4)7-10-12-13-11-7/h1-3,7H,9H2. The Kier molecular flexibility index (Phi) is 2.05. The van der Waals surface area contributed by atoms with Gasteiger partial charge in [-0.1, -0.05) is 15.9 Å². The molecule has 0 spiro atoms. The van der Waals surface area contributed by atoms with Crippen LogP contribution < -0.4 is 5.73 Å². The summed E-state index contributed by atoms with van der Waals surface area (Å²) in [5.74, 6) is 0. The fourth-order valence-electron chi connectivity index (χ4n) is 1.06. The number of nitrogens with zero attached hydrogens (tertiary/aromatic N) is 4. The van der Waals surface area contributed by atoms with Crippen LogP contribution in [0, 0.1) is 0 Å². The number of benzene rings is 1. The molecule has 0 amide bonds. The van der Waals surface area contributed by atoms with Crippen molar-refractivity contribution >= 4 is 21.6 Å². The van der Waals surface area contributed by atoms with Crippen LogP contribution in [0.15, 0.2) is 43.3 Å². The predicted molar refractivity (Wildman–Crippen MR) is 51.0 cm³/mol. The second-order valence-corrected chi connectivity index (χ2v) is 3.47. The Morgan fingerprint density at radius 1 is 1.23 bits per heavy atom. The number of anilines is 1. The Balaban J connectivity index is 2.44. The highest BCUT2D eigenvalue weighted by Crippen LogP contribution is 2.30. The molecule has 66 valence electrons. The van der Waals surface area contributed by atoms with Gasteiger partial charge in [0.15, 0.2) is 0 Å². The first-order chi connectivity index (χ1) is 6.27. The Labute approximate surface area is 82.9 Å². The molecule has 0 radical (unpaired) electrons. The van der Waals surface area contributed by atoms with Crippen LogP contribution in [0.1, 0.15) is 11.7 Å². The minimum atomic E-state index is -0.377. The normalized spacial score (nSPS) is 15.5. The van der Waals surface area contributed by atoms with Crippen LogP contribution in [0.25, 0.3) is 0 Å². The van der Waals surface area contributed by atoms with E-state index in [9.17, 15) is 0 Å². The van der Waals surface area contributed by atoms with E-state index in [-0.39, 0.29) is 6.17 Å². The number of nitrogens with two attached hydrogens (primary N) is 1. The van der Waals surface area contributed by atoms with Gasteiger partial charge in [0, 0.05) is 15.7 Å². The molecule has 1 aliphatic rings. The van der Waals surface area contributed by atoms with E-state index in [0.29, 0.717) is 5.69 Å². The molecule has 0 bridgehead atoms. The first-order valence-corrected chi connectivity index (χ1v) is 4.41. The van der Waals surface area contributed by atoms with Gasteiger partial charge >= 0.3 is 0 Å². The number of halogens is 1. The summed E-state index contributed by atoms with van der Waals surface area (Å²) >= 11 is 3.34. The third kappa shape index (κ3) is 1.57. The van der Waals surface area contributed by atoms with Gasteiger partial charge < -0.3 is 5.73 Å². The number of nitrogen functional groups attached to an aromatic ring is 1. The van der Waals surface area contributed by atoms with Crippen LogP contribution in [0.3, 0.4) is 0 Å². The fraction of sp³-hybridized carbons (Fsp3) is 0.143. The second-order valence-electron chi connectivity index (χ2n) is 2.56. The molecule has 6 heteroatoms. The fourth-order valence-corrected chi connectivity index (χ4v) is 1.44. The van der Waals surface area contributed by atoms with Crippen molar-refractivity contribution in [2.75, 3.05) is 5.73 Å². The van der Waals surface area contributed by atoms with Gasteiger partial charge in [-0.2, -0.15) is 0 Å². The number of hydrogen-bond acceptors (Lipinski definition) is 5. The average molecular weight is 240 g/mol. The van der Waals surface area contributed by atoms with Gasteiger partial charge in [-0.05, 0) is 28.6 Å². The number of hydrogen-bond donors (Lipinski definition) is 1. The van der Waals surface area contributed by atoms with E-state index >= 15 is 0 Å². The summed E-state index contributed by atoms with van der Waals surface area (Å²) in [6.07, 6.45) is -0.377. The maximum Gasteiger partial charge on any atom is 0.212 e. The van der Waals surface area contributed by atoms with Crippen molar-refractivity contribution in [1.82, 2.24) is 0 Å². The molecule has 2 rings (SSSR count). The summed E-state index contributed by atoms with van der Waals surface area (Å²) in [6.45, 7) is 0. The lowest BCUT2D eigenvalue weighted by Crippen LogP contribution is -1.96. The molecule has 2 N–H and O–H groups in total. The van der Waals surface area contributed by atoms with Gasteiger partial charge in [-0.3, -0.25) is 0 Å². The van der Waals surface area contributed by atoms with Gasteiger partial charge in [0.05, 0.1) is 0 Å². The summed E-state index contributed by atoms with van der Waals surface area (Å²) in [4.78, 5) is 0. The Bertz CT molecular complexity index is 374. The summed E-state index contributed by atoms with van der Waals surface area (Å²) in [5.41, 5.74) is 7.21. The highest BCUT2D eigenvalue weighted by atomic mass is 79.9. The first kappa shape index (κ1) is 8.31. The molecule has 1 heterocycles. The summed E-state index contributed by atoms with van der Waals surface area (Å²) in [7, 11) is 0. The van der Waals surface area contributed by atoms with Crippen molar-refractivity contribution < 1.29 is 0 Å². The van der Waals surface area contributed by atoms with E-state index < -0.39 is 0 Å². The summed E-state index contributed by atoms with van der Waals surface area (Å²) < 4.78 is 0.939. The van der Waals surface area contributed by atoms with Crippen molar-refractivity contribution in [3.05, 3.63) is 28.2 Å². The lowest BCUT2D eigenvalue weighted by atomic mass is 10.1. The molecule has 1 aromatic carbocycles. The maximum atomic E-state index is 5.75. The molecular formula is C7H6BrN5. The van der Waals surface area contributed by atoms with E-state index in [1.807, 2.05) is 12.1 Å². The Morgan fingerprint density at radius 3 is 2.62 bits per heavy atom. The van der Waals surface area contributed by atoms with Crippen LogP contribution in [0.4, 0.5) is 5.69 Å². The molecule has 1 aliphatic heterocycles. The van der Waals surface area contributed by atoms with E-state index in [1.165, 1.54) is 0 Å². The minimum Gasteiger partial charge on any atom is -0.398 e. The molecule has 0 saturated carbocycles. The molecule has 5 nitrogen and oxygen atoms in total. The highest BCUT2D eigenvalue weighted by molar-refractivity contribution is 9.10. The third-order valence-corrected chi connectivity index (χ3v) is 2.18. The Hall–Kier alpha value is -1.30. The number of rotatable bonds is 1. The van der Waals surface area contributed by atoms with Gasteiger partial charge in [-0.15, -0.1) is 10.2 Å². The van der Waals surface area contributed by atoms with Crippen molar-refractivity contribution in [1.29, 1.82) is 0 Å². The van der Waals surface area contributed by atoms with Crippen LogP contribution in [0.5, 0.6) is 0 Å². The molecule has 0 atom stereocenters. The molecule has 0 saturated heterocycles. The predicted octanol–water partition coefficient (Wildman–Crippen LogP) is 2.86. The van der Waals surface area contributed by atoms with Crippen LogP contribution in [-0.4, -0.2) is 0 Å². The summed E-state index contributed by atoms with van der Waals surface area (Å²) in [5, 5.41) is 14.4. The quantitative estimate of drug-likeness (QED) is 0.752. The van der Waals surface area contributed by atoms with Crippen molar-refractivity contribution in [2.24, 2.45) is 20.7 Å². The topological polar surface area (TPSA) is 75.5 Å². The van der Waals surface area contributed by atoms with Gasteiger partial charge in [0.1, 0.15) is 0 Å². The molecule has 0 fully saturated rings. The minimum absolute atomic E-state index is 0.377. The largest absolute Gasteiger partial charge is 0.398 e. The molecule has 0 aliphatic carbocycles. The van der Waals surface area contributed by atoms with E-state index in [0.717, 1.165) is 10.0 Å². The van der Waals surface area contributed by atoms with Crippen LogP contribution in [0.2, 0.25) is 0 Å². The van der Waals surface area contributed by atoms with Crippen molar-refractivity contribution in [3.8, 4) is 0 Å². The van der Waals surface area contributed by atoms with E-state index in [4.69, 9.17) is 5.73 Å². The molecule has 0 aromatic heterocycles. The maximum absolute atomic E-state index is 5.75. The van der Waals surface area contributed by atoms with Gasteiger partial charge in [0.25, 0.3) is 0 Å². The van der Waals surface area contributed by atoms with E-state index in [1.54, 1.807) is 6.07 Å². The first-order valence-electron chi connectivity index (χ1n) is 3.62. The SMILES string of the molecule is Nc1ccc(Br)cc1C1N=NN=N1. The lowest BCUT2D eigenvalue weighted by Gasteiger charge is -2.05. The molecule has 13 heavy (non-hydrogen) atoms. The van der Waals surface area contributed by atoms with E-state index in [2.05, 4.69) is 36.6 Å². The summed E-state index contributed by atoms with van der Waals surface area (Å²) in [6, 6.07) is 5.52. The second kappa shape index (κ2) is 3.21. The Morgan fingerprint density at radius 2 is 1.92 bits per heavy atom. The monoisotopic (exact) mass is 239 g/mol. The smallest absolute Gasteiger partial charge is 0.212 e.